The number of rotatable bonds is 1. The lowest BCUT2D eigenvalue weighted by atomic mass is 10.1. The van der Waals surface area contributed by atoms with Gasteiger partial charge < -0.3 is 10.8 Å². The van der Waals surface area contributed by atoms with Crippen molar-refractivity contribution in [3.8, 4) is 16.9 Å². The van der Waals surface area contributed by atoms with E-state index in [0.29, 0.717) is 10.7 Å². The van der Waals surface area contributed by atoms with Gasteiger partial charge in [0.05, 0.1) is 5.69 Å². The maximum Gasteiger partial charge on any atom is 0.139 e. The fraction of sp³-hybridized carbons (Fsp3) is 0. The molecule has 0 bridgehead atoms. The molecule has 3 N–H and O–H groups in total. The van der Waals surface area contributed by atoms with E-state index >= 15 is 0 Å². The van der Waals surface area contributed by atoms with Crippen LogP contribution in [0, 0.1) is 0 Å². The lowest BCUT2D eigenvalue weighted by molar-refractivity contribution is 0.478. The van der Waals surface area contributed by atoms with Gasteiger partial charge in [0.1, 0.15) is 5.75 Å². The molecule has 0 spiro atoms. The molecule has 0 aliphatic rings. The van der Waals surface area contributed by atoms with Crippen molar-refractivity contribution in [1.82, 2.24) is 0 Å². The average Bonchev–Trinajstić information content (AvgIpc) is 2.23. The maximum absolute atomic E-state index is 9.46. The van der Waals surface area contributed by atoms with Crippen LogP contribution in [0.2, 0.25) is 5.02 Å². The van der Waals surface area contributed by atoms with Gasteiger partial charge in [0, 0.05) is 5.02 Å². The topological polar surface area (TPSA) is 46.2 Å². The summed E-state index contributed by atoms with van der Waals surface area (Å²) in [4.78, 5) is 0. The van der Waals surface area contributed by atoms with Crippen molar-refractivity contribution in [1.29, 1.82) is 0 Å². The monoisotopic (exact) mass is 219 g/mol. The second-order valence-electron chi connectivity index (χ2n) is 3.28. The second kappa shape index (κ2) is 3.83. The molecule has 0 radical (unpaired) electrons. The van der Waals surface area contributed by atoms with Gasteiger partial charge in [0.25, 0.3) is 0 Å². The highest BCUT2D eigenvalue weighted by Gasteiger charge is 2.01. The van der Waals surface area contributed by atoms with Gasteiger partial charge in [-0.3, -0.25) is 0 Å². The predicted molar refractivity (Wildman–Crippen MR) is 63.0 cm³/mol. The van der Waals surface area contributed by atoms with Gasteiger partial charge >= 0.3 is 0 Å². The quantitative estimate of drug-likeness (QED) is 0.571. The molecule has 0 saturated heterocycles. The summed E-state index contributed by atoms with van der Waals surface area (Å²) in [5.74, 6) is 0.0995. The number of halogens is 1. The molecule has 0 amide bonds. The minimum Gasteiger partial charge on any atom is -0.506 e. The SMILES string of the molecule is Nc1ccc(-c2ccc(Cl)cc2)cc1O. The molecule has 0 aromatic heterocycles. The Bertz CT molecular complexity index is 479. The number of anilines is 1. The zero-order valence-corrected chi connectivity index (χ0v) is 8.70. The number of phenolic OH excluding ortho intramolecular Hbond substituents is 1. The summed E-state index contributed by atoms with van der Waals surface area (Å²) in [5.41, 5.74) is 7.81. The Morgan fingerprint density at radius 1 is 0.933 bits per heavy atom. The number of hydrogen-bond donors (Lipinski definition) is 2. The van der Waals surface area contributed by atoms with Gasteiger partial charge in [-0.15, -0.1) is 0 Å². The molecular formula is C12H10ClNO. The minimum atomic E-state index is 0.0995. The van der Waals surface area contributed by atoms with E-state index in [0.717, 1.165) is 11.1 Å². The van der Waals surface area contributed by atoms with Crippen LogP contribution in [0.15, 0.2) is 42.5 Å². The molecule has 15 heavy (non-hydrogen) atoms. The number of nitrogen functional groups attached to an aromatic ring is 1. The largest absolute Gasteiger partial charge is 0.506 e. The summed E-state index contributed by atoms with van der Waals surface area (Å²) in [6.45, 7) is 0. The number of nitrogens with two attached hydrogens (primary N) is 1. The van der Waals surface area contributed by atoms with E-state index in [-0.39, 0.29) is 5.75 Å². The van der Waals surface area contributed by atoms with Gasteiger partial charge in [-0.1, -0.05) is 29.8 Å². The van der Waals surface area contributed by atoms with E-state index < -0.39 is 0 Å². The lowest BCUT2D eigenvalue weighted by Crippen LogP contribution is -1.85. The minimum absolute atomic E-state index is 0.0995. The second-order valence-corrected chi connectivity index (χ2v) is 3.72. The average molecular weight is 220 g/mol. The number of aromatic hydroxyl groups is 1. The van der Waals surface area contributed by atoms with Crippen LogP contribution in [-0.4, -0.2) is 5.11 Å². The first kappa shape index (κ1) is 9.87. The van der Waals surface area contributed by atoms with Crippen molar-refractivity contribution in [2.45, 2.75) is 0 Å². The van der Waals surface area contributed by atoms with Gasteiger partial charge in [-0.25, -0.2) is 0 Å². The van der Waals surface area contributed by atoms with E-state index in [4.69, 9.17) is 17.3 Å². The molecule has 0 unspecified atom stereocenters. The van der Waals surface area contributed by atoms with Gasteiger partial charge in [-0.05, 0) is 35.4 Å². The van der Waals surface area contributed by atoms with Gasteiger partial charge in [0.2, 0.25) is 0 Å². The Hall–Kier alpha value is -1.67. The normalized spacial score (nSPS) is 10.2. The summed E-state index contributed by atoms with van der Waals surface area (Å²) >= 11 is 5.79. The molecule has 2 nitrogen and oxygen atoms in total. The van der Waals surface area contributed by atoms with Crippen LogP contribution < -0.4 is 5.73 Å². The van der Waals surface area contributed by atoms with E-state index in [1.165, 1.54) is 0 Å². The Balaban J connectivity index is 2.45. The standard InChI is InChI=1S/C12H10ClNO/c13-10-4-1-8(2-5-10)9-3-6-11(14)12(15)7-9/h1-7,15H,14H2. The van der Waals surface area contributed by atoms with Crippen LogP contribution >= 0.6 is 11.6 Å². The first-order valence-electron chi connectivity index (χ1n) is 4.51. The van der Waals surface area contributed by atoms with Crippen LogP contribution in [0.5, 0.6) is 5.75 Å². The van der Waals surface area contributed by atoms with Crippen molar-refractivity contribution in [3.05, 3.63) is 47.5 Å². The van der Waals surface area contributed by atoms with Gasteiger partial charge in [-0.2, -0.15) is 0 Å². The molecule has 0 aliphatic carbocycles. The zero-order chi connectivity index (χ0) is 10.8. The number of benzene rings is 2. The van der Waals surface area contributed by atoms with Crippen LogP contribution in [0.25, 0.3) is 11.1 Å². The van der Waals surface area contributed by atoms with E-state index in [2.05, 4.69) is 0 Å². The van der Waals surface area contributed by atoms with E-state index in [9.17, 15) is 5.11 Å². The highest BCUT2D eigenvalue weighted by molar-refractivity contribution is 6.30. The number of hydrogen-bond acceptors (Lipinski definition) is 2. The number of phenols is 1. The van der Waals surface area contributed by atoms with Crippen LogP contribution in [-0.2, 0) is 0 Å². The predicted octanol–water partition coefficient (Wildman–Crippen LogP) is 3.29. The lowest BCUT2D eigenvalue weighted by Gasteiger charge is -2.04. The molecule has 3 heteroatoms. The van der Waals surface area contributed by atoms with Crippen molar-refractivity contribution in [2.24, 2.45) is 0 Å². The fourth-order valence-corrected chi connectivity index (χ4v) is 1.49. The molecule has 76 valence electrons. The molecule has 0 fully saturated rings. The Kier molecular flexibility index (Phi) is 2.52. The Labute approximate surface area is 92.9 Å². The van der Waals surface area contributed by atoms with Crippen LogP contribution in [0.3, 0.4) is 0 Å². The van der Waals surface area contributed by atoms with Crippen LogP contribution in [0.1, 0.15) is 0 Å². The van der Waals surface area contributed by atoms with Gasteiger partial charge in [0.15, 0.2) is 0 Å². The molecule has 0 atom stereocenters. The summed E-state index contributed by atoms with van der Waals surface area (Å²) in [6, 6.07) is 12.6. The van der Waals surface area contributed by atoms with E-state index in [1.807, 2.05) is 30.3 Å². The summed E-state index contributed by atoms with van der Waals surface area (Å²) < 4.78 is 0. The van der Waals surface area contributed by atoms with Crippen LogP contribution in [0.4, 0.5) is 5.69 Å². The fourth-order valence-electron chi connectivity index (χ4n) is 1.37. The molecule has 2 aromatic carbocycles. The summed E-state index contributed by atoms with van der Waals surface area (Å²) in [7, 11) is 0. The third-order valence-corrected chi connectivity index (χ3v) is 2.46. The van der Waals surface area contributed by atoms with Crippen molar-refractivity contribution < 1.29 is 5.11 Å². The zero-order valence-electron chi connectivity index (χ0n) is 7.94. The molecular weight excluding hydrogens is 210 g/mol. The Morgan fingerprint density at radius 3 is 2.13 bits per heavy atom. The first-order valence-corrected chi connectivity index (χ1v) is 4.89. The third kappa shape index (κ3) is 2.05. The van der Waals surface area contributed by atoms with Crippen molar-refractivity contribution in [2.75, 3.05) is 5.73 Å². The first-order chi connectivity index (χ1) is 7.16. The highest BCUT2D eigenvalue weighted by atomic mass is 35.5. The summed E-state index contributed by atoms with van der Waals surface area (Å²) in [6.07, 6.45) is 0. The summed E-state index contributed by atoms with van der Waals surface area (Å²) in [5, 5.41) is 10.2. The molecule has 2 aromatic rings. The van der Waals surface area contributed by atoms with E-state index in [1.54, 1.807) is 12.1 Å². The molecule has 0 saturated carbocycles. The Morgan fingerprint density at radius 2 is 1.53 bits per heavy atom. The smallest absolute Gasteiger partial charge is 0.139 e. The van der Waals surface area contributed by atoms with Crippen molar-refractivity contribution in [3.63, 3.8) is 0 Å². The van der Waals surface area contributed by atoms with Crippen molar-refractivity contribution >= 4 is 17.3 Å². The molecule has 0 heterocycles. The molecule has 2 rings (SSSR count). The maximum atomic E-state index is 9.46. The third-order valence-electron chi connectivity index (χ3n) is 2.21. The molecule has 0 aliphatic heterocycles. The highest BCUT2D eigenvalue weighted by Crippen LogP contribution is 2.28.